The van der Waals surface area contributed by atoms with Gasteiger partial charge in [-0.1, -0.05) is 78.8 Å². The molecule has 26 heavy (non-hydrogen) atoms. The van der Waals surface area contributed by atoms with E-state index >= 15 is 0 Å². The largest absolute Gasteiger partial charge is 0.454 e. The number of hydrogen-bond acceptors (Lipinski definition) is 2. The zero-order valence-corrected chi connectivity index (χ0v) is 13.8. The molecule has 0 saturated carbocycles. The summed E-state index contributed by atoms with van der Waals surface area (Å²) in [6, 6.07) is 22.8. The van der Waals surface area contributed by atoms with Gasteiger partial charge in [0, 0.05) is 22.0 Å². The lowest BCUT2D eigenvalue weighted by atomic mass is 10.0. The van der Waals surface area contributed by atoms with Gasteiger partial charge in [-0.25, -0.2) is 0 Å². The second-order valence-corrected chi connectivity index (χ2v) is 6.03. The summed E-state index contributed by atoms with van der Waals surface area (Å²) in [7, 11) is 0. The van der Waals surface area contributed by atoms with Crippen LogP contribution in [0.25, 0.3) is 33.1 Å². The topological polar surface area (TPSA) is 25.2 Å². The van der Waals surface area contributed by atoms with Crippen LogP contribution in [0.15, 0.2) is 101 Å². The summed E-state index contributed by atoms with van der Waals surface area (Å²) in [5, 5.41) is 4.48. The number of furan rings is 1. The van der Waals surface area contributed by atoms with Gasteiger partial charge in [0.05, 0.1) is 11.2 Å². The van der Waals surface area contributed by atoms with Crippen LogP contribution in [0.3, 0.4) is 0 Å². The average Bonchev–Trinajstić information content (AvgIpc) is 3.18. The molecule has 1 heterocycles. The lowest BCUT2D eigenvalue weighted by Gasteiger charge is -2.12. The standard InChI is InChI=1S/C24H17NO/c1-2-9-17(10-3-1)18-11-4-6-14-21(18)25-22-15-8-13-20-19-12-5-7-16-23(19)26-24(20)22/h1-16,25H/i5D,7D,12D,16D. The third kappa shape index (κ3) is 2.44. The van der Waals surface area contributed by atoms with Gasteiger partial charge in [0.25, 0.3) is 0 Å². The van der Waals surface area contributed by atoms with Crippen LogP contribution in [-0.4, -0.2) is 0 Å². The Labute approximate surface area is 157 Å². The number of anilines is 2. The first-order valence-corrected chi connectivity index (χ1v) is 8.39. The maximum atomic E-state index is 8.29. The van der Waals surface area contributed by atoms with Crippen LogP contribution < -0.4 is 5.32 Å². The van der Waals surface area contributed by atoms with E-state index < -0.39 is 0 Å². The Bertz CT molecular complexity index is 1410. The van der Waals surface area contributed by atoms with E-state index in [-0.39, 0.29) is 29.8 Å². The number of benzene rings is 4. The third-order valence-electron chi connectivity index (χ3n) is 4.42. The van der Waals surface area contributed by atoms with Crippen LogP contribution in [0.1, 0.15) is 5.48 Å². The predicted molar refractivity (Wildman–Crippen MR) is 109 cm³/mol. The fourth-order valence-corrected chi connectivity index (χ4v) is 3.22. The molecule has 2 nitrogen and oxygen atoms in total. The SMILES string of the molecule is [2H]c1c([2H])c([2H])c2c(oc3c(Nc4ccccc4-c4ccccc4)cccc32)c1[2H]. The monoisotopic (exact) mass is 339 g/mol. The number of hydrogen-bond donors (Lipinski definition) is 1. The van der Waals surface area contributed by atoms with E-state index in [2.05, 4.69) is 5.32 Å². The van der Waals surface area contributed by atoms with E-state index in [4.69, 9.17) is 9.90 Å². The molecular formula is C24H17NO. The summed E-state index contributed by atoms with van der Waals surface area (Å²) < 4.78 is 38.4. The molecule has 0 aliphatic rings. The van der Waals surface area contributed by atoms with Crippen LogP contribution in [0.5, 0.6) is 0 Å². The summed E-state index contributed by atoms with van der Waals surface area (Å²) in [6.45, 7) is 0. The van der Waals surface area contributed by atoms with Crippen molar-refractivity contribution in [2.75, 3.05) is 5.32 Å². The molecular weight excluding hydrogens is 318 g/mol. The van der Waals surface area contributed by atoms with E-state index in [1.54, 1.807) is 0 Å². The highest BCUT2D eigenvalue weighted by Crippen LogP contribution is 2.36. The zero-order chi connectivity index (χ0) is 20.8. The van der Waals surface area contributed by atoms with Crippen LogP contribution in [-0.2, 0) is 0 Å². The van der Waals surface area contributed by atoms with Crippen molar-refractivity contribution >= 4 is 33.3 Å². The van der Waals surface area contributed by atoms with Crippen molar-refractivity contribution in [2.45, 2.75) is 0 Å². The van der Waals surface area contributed by atoms with Crippen molar-refractivity contribution in [3.05, 3.63) is 97.0 Å². The van der Waals surface area contributed by atoms with Crippen LogP contribution in [0.4, 0.5) is 11.4 Å². The van der Waals surface area contributed by atoms with Crippen molar-refractivity contribution in [1.29, 1.82) is 0 Å². The molecule has 0 fully saturated rings. The lowest BCUT2D eigenvalue weighted by Crippen LogP contribution is -1.93. The summed E-state index contributed by atoms with van der Waals surface area (Å²) in [5.41, 5.74) is 4.39. The van der Waals surface area contributed by atoms with Gasteiger partial charge in [-0.3, -0.25) is 0 Å². The van der Waals surface area contributed by atoms with Crippen molar-refractivity contribution < 1.29 is 9.90 Å². The van der Waals surface area contributed by atoms with Crippen molar-refractivity contribution in [3.63, 3.8) is 0 Å². The Balaban J connectivity index is 1.71. The minimum Gasteiger partial charge on any atom is -0.454 e. The minimum absolute atomic E-state index is 0.0911. The summed E-state index contributed by atoms with van der Waals surface area (Å²) >= 11 is 0. The summed E-state index contributed by atoms with van der Waals surface area (Å²) in [5.74, 6) is 0. The van der Waals surface area contributed by atoms with Crippen molar-refractivity contribution in [1.82, 2.24) is 0 Å². The van der Waals surface area contributed by atoms with Gasteiger partial charge in [0.15, 0.2) is 5.58 Å². The number of nitrogens with one attached hydrogen (secondary N) is 1. The highest BCUT2D eigenvalue weighted by Gasteiger charge is 2.12. The third-order valence-corrected chi connectivity index (χ3v) is 4.42. The molecule has 124 valence electrons. The molecule has 0 radical (unpaired) electrons. The Kier molecular flexibility index (Phi) is 2.61. The van der Waals surface area contributed by atoms with E-state index in [1.165, 1.54) is 0 Å². The molecule has 1 N–H and O–H groups in total. The summed E-state index contributed by atoms with van der Waals surface area (Å²) in [4.78, 5) is 0. The Morgan fingerprint density at radius 3 is 2.38 bits per heavy atom. The predicted octanol–water partition coefficient (Wildman–Crippen LogP) is 7.00. The number of fused-ring (bicyclic) bond motifs is 3. The number of rotatable bonds is 3. The van der Waals surface area contributed by atoms with E-state index in [0.29, 0.717) is 22.0 Å². The lowest BCUT2D eigenvalue weighted by molar-refractivity contribution is 0.670. The molecule has 0 saturated heterocycles. The molecule has 5 rings (SSSR count). The second kappa shape index (κ2) is 6.08. The molecule has 0 unspecified atom stereocenters. The summed E-state index contributed by atoms with van der Waals surface area (Å²) in [6.07, 6.45) is 0. The van der Waals surface area contributed by atoms with E-state index in [1.807, 2.05) is 72.8 Å². The fourth-order valence-electron chi connectivity index (χ4n) is 3.22. The molecule has 1 aromatic heterocycles. The zero-order valence-electron chi connectivity index (χ0n) is 17.8. The Hall–Kier alpha value is -3.52. The average molecular weight is 339 g/mol. The molecule has 0 aliphatic heterocycles. The highest BCUT2D eigenvalue weighted by molar-refractivity contribution is 6.09. The van der Waals surface area contributed by atoms with Gasteiger partial charge in [-0.15, -0.1) is 0 Å². The second-order valence-electron chi connectivity index (χ2n) is 6.03. The van der Waals surface area contributed by atoms with Crippen LogP contribution >= 0.6 is 0 Å². The van der Waals surface area contributed by atoms with E-state index in [9.17, 15) is 0 Å². The molecule has 0 bridgehead atoms. The molecule has 4 aromatic carbocycles. The first kappa shape index (κ1) is 11.2. The quantitative estimate of drug-likeness (QED) is 0.383. The molecule has 0 aliphatic carbocycles. The highest BCUT2D eigenvalue weighted by atomic mass is 16.3. The van der Waals surface area contributed by atoms with E-state index in [0.717, 1.165) is 16.8 Å². The molecule has 2 heteroatoms. The van der Waals surface area contributed by atoms with Gasteiger partial charge < -0.3 is 9.73 Å². The first-order chi connectivity index (χ1) is 14.6. The minimum atomic E-state index is -0.296. The normalized spacial score (nSPS) is 13.2. The van der Waals surface area contributed by atoms with Crippen molar-refractivity contribution in [3.8, 4) is 11.1 Å². The molecule has 0 amide bonds. The molecule has 0 atom stereocenters. The fraction of sp³-hybridized carbons (Fsp3) is 0. The van der Waals surface area contributed by atoms with Crippen LogP contribution in [0, 0.1) is 0 Å². The van der Waals surface area contributed by atoms with Gasteiger partial charge in [-0.05, 0) is 23.7 Å². The van der Waals surface area contributed by atoms with Gasteiger partial charge in [0.1, 0.15) is 5.58 Å². The maximum Gasteiger partial charge on any atom is 0.158 e. The Morgan fingerprint density at radius 2 is 1.46 bits per heavy atom. The van der Waals surface area contributed by atoms with Gasteiger partial charge >= 0.3 is 0 Å². The Morgan fingerprint density at radius 1 is 0.692 bits per heavy atom. The maximum absolute atomic E-state index is 8.29. The van der Waals surface area contributed by atoms with Gasteiger partial charge in [-0.2, -0.15) is 0 Å². The smallest absolute Gasteiger partial charge is 0.158 e. The molecule has 5 aromatic rings. The molecule has 0 spiro atoms. The van der Waals surface area contributed by atoms with Gasteiger partial charge in [0.2, 0.25) is 0 Å². The van der Waals surface area contributed by atoms with Crippen LogP contribution in [0.2, 0.25) is 0 Å². The number of para-hydroxylation sites is 3. The van der Waals surface area contributed by atoms with Crippen molar-refractivity contribution in [2.24, 2.45) is 0 Å². The first-order valence-electron chi connectivity index (χ1n) is 10.4.